The fourth-order valence-electron chi connectivity index (χ4n) is 1.65. The molecule has 0 aliphatic rings. The van der Waals surface area contributed by atoms with Crippen LogP contribution >= 0.6 is 0 Å². The first-order chi connectivity index (χ1) is 8.38. The molecular formula is C14H19N3O. The molecule has 1 atom stereocenters. The van der Waals surface area contributed by atoms with Gasteiger partial charge in [0.25, 0.3) is 5.89 Å². The Balaban J connectivity index is 2.29. The molecule has 0 saturated heterocycles. The molecule has 18 heavy (non-hydrogen) atoms. The number of rotatable bonds is 2. The van der Waals surface area contributed by atoms with Crippen molar-refractivity contribution in [2.45, 2.75) is 39.2 Å². The lowest BCUT2D eigenvalue weighted by Gasteiger charge is -2.18. The first kappa shape index (κ1) is 12.8. The Morgan fingerprint density at radius 3 is 2.22 bits per heavy atom. The molecule has 0 saturated carbocycles. The Morgan fingerprint density at radius 2 is 1.78 bits per heavy atom. The average Bonchev–Trinajstić information content (AvgIpc) is 2.77. The van der Waals surface area contributed by atoms with Gasteiger partial charge in [-0.3, -0.25) is 0 Å². The monoisotopic (exact) mass is 245 g/mol. The summed E-state index contributed by atoms with van der Waals surface area (Å²) < 4.78 is 5.20. The van der Waals surface area contributed by atoms with Crippen LogP contribution in [0.5, 0.6) is 0 Å². The van der Waals surface area contributed by atoms with Gasteiger partial charge in [-0.1, -0.05) is 38.1 Å². The first-order valence-corrected chi connectivity index (χ1v) is 6.08. The van der Waals surface area contributed by atoms with Crippen LogP contribution in [0.4, 0.5) is 0 Å². The summed E-state index contributed by atoms with van der Waals surface area (Å²) >= 11 is 0. The summed E-state index contributed by atoms with van der Waals surface area (Å²) in [5, 5.41) is 3.85. The first-order valence-electron chi connectivity index (χ1n) is 6.08. The molecule has 2 aromatic rings. The zero-order chi connectivity index (χ0) is 13.3. The van der Waals surface area contributed by atoms with Gasteiger partial charge in [0.2, 0.25) is 0 Å². The normalized spacial score (nSPS) is 13.6. The van der Waals surface area contributed by atoms with Crippen molar-refractivity contribution in [3.63, 3.8) is 0 Å². The van der Waals surface area contributed by atoms with Gasteiger partial charge in [-0.15, -0.1) is 0 Å². The minimum Gasteiger partial charge on any atom is -0.334 e. The summed E-state index contributed by atoms with van der Waals surface area (Å²) in [6.07, 6.45) is 0. The maximum atomic E-state index is 5.70. The Bertz CT molecular complexity index is 521. The van der Waals surface area contributed by atoms with Crippen molar-refractivity contribution < 1.29 is 4.52 Å². The molecule has 4 heteroatoms. The summed E-state index contributed by atoms with van der Waals surface area (Å²) in [6, 6.07) is 7.96. The van der Waals surface area contributed by atoms with Gasteiger partial charge in [-0.05, 0) is 30.0 Å². The number of nitrogens with two attached hydrogens (primary N) is 1. The summed E-state index contributed by atoms with van der Waals surface area (Å²) in [5.41, 5.74) is 8.04. The smallest absolute Gasteiger partial charge is 0.257 e. The molecule has 1 aromatic carbocycles. The molecule has 1 unspecified atom stereocenters. The minimum absolute atomic E-state index is 0.143. The van der Waals surface area contributed by atoms with Crippen molar-refractivity contribution >= 4 is 0 Å². The van der Waals surface area contributed by atoms with E-state index >= 15 is 0 Å². The standard InChI is InChI=1S/C14H19N3O/c1-9(15)12-16-13(18-17-12)10-5-7-11(8-6-10)14(2,3)4/h5-9H,15H2,1-4H3. The number of hydrogen-bond acceptors (Lipinski definition) is 4. The van der Waals surface area contributed by atoms with E-state index in [1.165, 1.54) is 5.56 Å². The van der Waals surface area contributed by atoms with Gasteiger partial charge >= 0.3 is 0 Å². The Kier molecular flexibility index (Phi) is 3.22. The quantitative estimate of drug-likeness (QED) is 0.883. The molecule has 4 nitrogen and oxygen atoms in total. The van der Waals surface area contributed by atoms with Gasteiger partial charge in [0, 0.05) is 5.56 Å². The summed E-state index contributed by atoms with van der Waals surface area (Å²) in [4.78, 5) is 4.27. The topological polar surface area (TPSA) is 64.9 Å². The van der Waals surface area contributed by atoms with Crippen LogP contribution in [0, 0.1) is 0 Å². The number of benzene rings is 1. The van der Waals surface area contributed by atoms with E-state index in [9.17, 15) is 0 Å². The van der Waals surface area contributed by atoms with Gasteiger partial charge in [0.1, 0.15) is 0 Å². The zero-order valence-electron chi connectivity index (χ0n) is 11.3. The second-order valence-corrected chi connectivity index (χ2v) is 5.57. The third-order valence-electron chi connectivity index (χ3n) is 2.85. The molecule has 0 fully saturated rings. The van der Waals surface area contributed by atoms with Crippen molar-refractivity contribution in [3.8, 4) is 11.5 Å². The van der Waals surface area contributed by atoms with Crippen molar-refractivity contribution in [2.75, 3.05) is 0 Å². The van der Waals surface area contributed by atoms with E-state index in [1.54, 1.807) is 0 Å². The number of aromatic nitrogens is 2. The van der Waals surface area contributed by atoms with Crippen molar-refractivity contribution in [2.24, 2.45) is 5.73 Å². The van der Waals surface area contributed by atoms with Crippen molar-refractivity contribution in [1.29, 1.82) is 0 Å². The van der Waals surface area contributed by atoms with Gasteiger partial charge in [0.15, 0.2) is 5.82 Å². The lowest BCUT2D eigenvalue weighted by atomic mass is 9.87. The highest BCUT2D eigenvalue weighted by molar-refractivity contribution is 5.53. The third kappa shape index (κ3) is 2.59. The van der Waals surface area contributed by atoms with Crippen molar-refractivity contribution in [3.05, 3.63) is 35.7 Å². The zero-order valence-corrected chi connectivity index (χ0v) is 11.3. The van der Waals surface area contributed by atoms with Gasteiger partial charge in [0.05, 0.1) is 6.04 Å². The van der Waals surface area contributed by atoms with Gasteiger partial charge in [-0.2, -0.15) is 4.98 Å². The second kappa shape index (κ2) is 4.53. The maximum absolute atomic E-state index is 5.70. The molecular weight excluding hydrogens is 226 g/mol. The minimum atomic E-state index is -0.212. The molecule has 0 radical (unpaired) electrons. The molecule has 1 heterocycles. The highest BCUT2D eigenvalue weighted by Crippen LogP contribution is 2.25. The van der Waals surface area contributed by atoms with Crippen LogP contribution in [0.1, 0.15) is 45.1 Å². The molecule has 0 amide bonds. The van der Waals surface area contributed by atoms with Crippen LogP contribution in [0.25, 0.3) is 11.5 Å². The lowest BCUT2D eigenvalue weighted by molar-refractivity contribution is 0.418. The van der Waals surface area contributed by atoms with E-state index in [4.69, 9.17) is 10.3 Å². The fraction of sp³-hybridized carbons (Fsp3) is 0.429. The Hall–Kier alpha value is -1.68. The molecule has 0 spiro atoms. The van der Waals surface area contributed by atoms with E-state index in [0.29, 0.717) is 11.7 Å². The second-order valence-electron chi connectivity index (χ2n) is 5.57. The Morgan fingerprint density at radius 1 is 1.17 bits per heavy atom. The van der Waals surface area contributed by atoms with E-state index in [1.807, 2.05) is 19.1 Å². The van der Waals surface area contributed by atoms with Crippen LogP contribution in [0.15, 0.2) is 28.8 Å². The van der Waals surface area contributed by atoms with E-state index in [-0.39, 0.29) is 11.5 Å². The molecule has 2 rings (SSSR count). The van der Waals surface area contributed by atoms with Crippen LogP contribution < -0.4 is 5.73 Å². The summed E-state index contributed by atoms with van der Waals surface area (Å²) in [6.45, 7) is 8.38. The van der Waals surface area contributed by atoms with Crippen molar-refractivity contribution in [1.82, 2.24) is 10.1 Å². The fourth-order valence-corrected chi connectivity index (χ4v) is 1.65. The molecule has 2 N–H and O–H groups in total. The van der Waals surface area contributed by atoms with Crippen LogP contribution in [-0.2, 0) is 5.41 Å². The summed E-state index contributed by atoms with van der Waals surface area (Å²) in [5.74, 6) is 1.05. The van der Waals surface area contributed by atoms with Crippen LogP contribution in [0.2, 0.25) is 0 Å². The maximum Gasteiger partial charge on any atom is 0.257 e. The average molecular weight is 245 g/mol. The van der Waals surface area contributed by atoms with E-state index in [0.717, 1.165) is 5.56 Å². The third-order valence-corrected chi connectivity index (χ3v) is 2.85. The largest absolute Gasteiger partial charge is 0.334 e. The predicted molar refractivity (Wildman–Crippen MR) is 71.0 cm³/mol. The summed E-state index contributed by atoms with van der Waals surface area (Å²) in [7, 11) is 0. The molecule has 0 bridgehead atoms. The number of nitrogens with zero attached hydrogens (tertiary/aromatic N) is 2. The Labute approximate surface area is 107 Å². The van der Waals surface area contributed by atoms with Crippen LogP contribution in [-0.4, -0.2) is 10.1 Å². The number of hydrogen-bond donors (Lipinski definition) is 1. The SMILES string of the molecule is CC(N)c1noc(-c2ccc(C(C)(C)C)cc2)n1. The molecule has 0 aliphatic carbocycles. The molecule has 1 aromatic heterocycles. The highest BCUT2D eigenvalue weighted by Gasteiger charge is 2.15. The van der Waals surface area contributed by atoms with E-state index < -0.39 is 0 Å². The van der Waals surface area contributed by atoms with E-state index in [2.05, 4.69) is 43.0 Å². The molecule has 0 aliphatic heterocycles. The van der Waals surface area contributed by atoms with Crippen LogP contribution in [0.3, 0.4) is 0 Å². The molecule has 96 valence electrons. The van der Waals surface area contributed by atoms with Gasteiger partial charge < -0.3 is 10.3 Å². The predicted octanol–water partition coefficient (Wildman–Crippen LogP) is 3.05. The van der Waals surface area contributed by atoms with Gasteiger partial charge in [-0.25, -0.2) is 0 Å². The lowest BCUT2D eigenvalue weighted by Crippen LogP contribution is -2.10. The highest BCUT2D eigenvalue weighted by atomic mass is 16.5.